The second kappa shape index (κ2) is 9.12. The lowest BCUT2D eigenvalue weighted by Crippen LogP contribution is -2.46. The molecule has 1 fully saturated rings. The number of methoxy groups -OCH3 is 2. The van der Waals surface area contributed by atoms with Gasteiger partial charge >= 0.3 is 0 Å². The molecule has 156 valence electrons. The van der Waals surface area contributed by atoms with E-state index < -0.39 is 21.3 Å². The Hall–Kier alpha value is -2.82. The number of hydrazine groups is 1. The van der Waals surface area contributed by atoms with Crippen molar-refractivity contribution in [1.82, 2.24) is 16.2 Å². The summed E-state index contributed by atoms with van der Waals surface area (Å²) in [6, 6.07) is 13.8. The Morgan fingerprint density at radius 1 is 1.03 bits per heavy atom. The Kier molecular flexibility index (Phi) is 6.57. The fourth-order valence-corrected chi connectivity index (χ4v) is 4.43. The standard InChI is InChI=1S/C19H24N4O5S/c1-27-15-7-3-13(4-8-15)11-20-18(24)17-12-21-22-19(17)29(25,26)23-14-5-9-16(28-2)10-6-14/h3-10,17,19,21-23H,11-12H2,1-2H3,(H,20,24). The zero-order chi connectivity index (χ0) is 20.9. The molecule has 1 saturated heterocycles. The SMILES string of the molecule is COc1ccc(CNC(=O)C2CNNC2S(=O)(=O)Nc2ccc(OC)cc2)cc1. The van der Waals surface area contributed by atoms with Crippen molar-refractivity contribution in [2.75, 3.05) is 25.5 Å². The highest BCUT2D eigenvalue weighted by atomic mass is 32.2. The summed E-state index contributed by atoms with van der Waals surface area (Å²) in [5.74, 6) is 0.192. The number of hydrogen-bond acceptors (Lipinski definition) is 7. The molecule has 0 spiro atoms. The Morgan fingerprint density at radius 2 is 1.62 bits per heavy atom. The van der Waals surface area contributed by atoms with E-state index in [1.54, 1.807) is 43.5 Å². The lowest BCUT2D eigenvalue weighted by atomic mass is 10.1. The first kappa shape index (κ1) is 20.9. The minimum atomic E-state index is -3.86. The van der Waals surface area contributed by atoms with E-state index in [0.29, 0.717) is 11.4 Å². The number of anilines is 1. The van der Waals surface area contributed by atoms with Crippen molar-refractivity contribution < 1.29 is 22.7 Å². The summed E-state index contributed by atoms with van der Waals surface area (Å²) in [6.45, 7) is 0.487. The van der Waals surface area contributed by atoms with Crippen LogP contribution >= 0.6 is 0 Å². The van der Waals surface area contributed by atoms with E-state index in [1.807, 2.05) is 12.1 Å². The highest BCUT2D eigenvalue weighted by Crippen LogP contribution is 2.21. The number of sulfonamides is 1. The van der Waals surface area contributed by atoms with Gasteiger partial charge in [-0.3, -0.25) is 14.9 Å². The number of hydrogen-bond donors (Lipinski definition) is 4. The van der Waals surface area contributed by atoms with E-state index in [2.05, 4.69) is 20.9 Å². The van der Waals surface area contributed by atoms with Gasteiger partial charge in [0, 0.05) is 18.8 Å². The van der Waals surface area contributed by atoms with Gasteiger partial charge in [0.15, 0.2) is 5.37 Å². The zero-order valence-corrected chi connectivity index (χ0v) is 17.0. The normalized spacial score (nSPS) is 18.8. The van der Waals surface area contributed by atoms with Crippen molar-refractivity contribution in [3.05, 3.63) is 54.1 Å². The molecule has 2 aromatic rings. The molecule has 1 aliphatic heterocycles. The first-order valence-corrected chi connectivity index (χ1v) is 10.5. The maximum atomic E-state index is 12.8. The maximum Gasteiger partial charge on any atom is 0.250 e. The maximum absolute atomic E-state index is 12.8. The van der Waals surface area contributed by atoms with Crippen molar-refractivity contribution in [2.24, 2.45) is 5.92 Å². The molecule has 1 aliphatic rings. The Morgan fingerprint density at radius 3 is 2.21 bits per heavy atom. The number of carbonyl (C=O) groups is 1. The molecule has 9 nitrogen and oxygen atoms in total. The van der Waals surface area contributed by atoms with Gasteiger partial charge in [-0.1, -0.05) is 12.1 Å². The third kappa shape index (κ3) is 5.17. The van der Waals surface area contributed by atoms with E-state index in [-0.39, 0.29) is 19.0 Å². The van der Waals surface area contributed by atoms with E-state index in [1.165, 1.54) is 7.11 Å². The molecule has 10 heteroatoms. The summed E-state index contributed by atoms with van der Waals surface area (Å²) < 4.78 is 38.2. The predicted octanol–water partition coefficient (Wildman–Crippen LogP) is 0.812. The van der Waals surface area contributed by atoms with Crippen LogP contribution in [0.3, 0.4) is 0 Å². The number of carbonyl (C=O) groups excluding carboxylic acids is 1. The lowest BCUT2D eigenvalue weighted by Gasteiger charge is -2.19. The molecular weight excluding hydrogens is 396 g/mol. The first-order chi connectivity index (χ1) is 13.9. The minimum absolute atomic E-state index is 0.197. The molecule has 2 unspecified atom stereocenters. The highest BCUT2D eigenvalue weighted by Gasteiger charge is 2.41. The van der Waals surface area contributed by atoms with Gasteiger partial charge in [0.05, 0.1) is 20.1 Å². The van der Waals surface area contributed by atoms with Gasteiger partial charge in [0.1, 0.15) is 11.5 Å². The van der Waals surface area contributed by atoms with Gasteiger partial charge in [-0.05, 0) is 42.0 Å². The van der Waals surface area contributed by atoms with Crippen LogP contribution in [0.5, 0.6) is 11.5 Å². The average molecular weight is 420 g/mol. The van der Waals surface area contributed by atoms with E-state index in [4.69, 9.17) is 9.47 Å². The van der Waals surface area contributed by atoms with Crippen molar-refractivity contribution in [3.8, 4) is 11.5 Å². The van der Waals surface area contributed by atoms with Crippen LogP contribution in [0.2, 0.25) is 0 Å². The number of benzene rings is 2. The van der Waals surface area contributed by atoms with Crippen molar-refractivity contribution >= 4 is 21.6 Å². The van der Waals surface area contributed by atoms with Crippen LogP contribution in [0.4, 0.5) is 5.69 Å². The van der Waals surface area contributed by atoms with E-state index in [9.17, 15) is 13.2 Å². The number of rotatable bonds is 8. The fourth-order valence-electron chi connectivity index (χ4n) is 2.95. The van der Waals surface area contributed by atoms with Crippen LogP contribution in [0, 0.1) is 5.92 Å². The molecule has 0 aliphatic carbocycles. The molecule has 0 bridgehead atoms. The molecule has 0 aromatic heterocycles. The molecule has 29 heavy (non-hydrogen) atoms. The first-order valence-electron chi connectivity index (χ1n) is 8.97. The summed E-state index contributed by atoms with van der Waals surface area (Å²) in [4.78, 5) is 12.6. The highest BCUT2D eigenvalue weighted by molar-refractivity contribution is 7.93. The van der Waals surface area contributed by atoms with Gasteiger partial charge in [0.25, 0.3) is 10.0 Å². The van der Waals surface area contributed by atoms with Crippen molar-refractivity contribution in [2.45, 2.75) is 11.9 Å². The van der Waals surface area contributed by atoms with Crippen LogP contribution in [-0.4, -0.2) is 40.5 Å². The average Bonchev–Trinajstić information content (AvgIpc) is 3.24. The second-order valence-corrected chi connectivity index (χ2v) is 8.30. The van der Waals surface area contributed by atoms with Gasteiger partial charge in [0.2, 0.25) is 5.91 Å². The number of ether oxygens (including phenoxy) is 2. The zero-order valence-electron chi connectivity index (χ0n) is 16.1. The third-order valence-corrected chi connectivity index (χ3v) is 6.21. The molecule has 2 atom stereocenters. The molecule has 1 amide bonds. The molecule has 0 saturated carbocycles. The molecule has 1 heterocycles. The molecule has 2 aromatic carbocycles. The van der Waals surface area contributed by atoms with Gasteiger partial charge < -0.3 is 14.8 Å². The summed E-state index contributed by atoms with van der Waals surface area (Å²) in [5.41, 5.74) is 6.71. The van der Waals surface area contributed by atoms with Crippen LogP contribution in [0.15, 0.2) is 48.5 Å². The van der Waals surface area contributed by atoms with E-state index >= 15 is 0 Å². The van der Waals surface area contributed by atoms with Gasteiger partial charge in [-0.2, -0.15) is 0 Å². The predicted molar refractivity (Wildman–Crippen MR) is 109 cm³/mol. The summed E-state index contributed by atoms with van der Waals surface area (Å²) in [7, 11) is -0.750. The Bertz CT molecular complexity index is 932. The largest absolute Gasteiger partial charge is 0.497 e. The second-order valence-electron chi connectivity index (χ2n) is 6.49. The monoisotopic (exact) mass is 420 g/mol. The quantitative estimate of drug-likeness (QED) is 0.499. The van der Waals surface area contributed by atoms with Gasteiger partial charge in [-0.25, -0.2) is 13.8 Å². The number of amides is 1. The summed E-state index contributed by atoms with van der Waals surface area (Å²) in [5, 5.41) is 1.68. The van der Waals surface area contributed by atoms with Crippen LogP contribution < -0.4 is 30.4 Å². The Balaban J connectivity index is 1.63. The Labute approximate surface area is 169 Å². The lowest BCUT2D eigenvalue weighted by molar-refractivity contribution is -0.124. The summed E-state index contributed by atoms with van der Waals surface area (Å²) in [6.07, 6.45) is 0. The third-order valence-electron chi connectivity index (χ3n) is 4.58. The molecular formula is C19H24N4O5S. The van der Waals surface area contributed by atoms with Crippen LogP contribution in [0.1, 0.15) is 5.56 Å². The molecule has 4 N–H and O–H groups in total. The topological polar surface area (TPSA) is 118 Å². The van der Waals surface area contributed by atoms with Crippen molar-refractivity contribution in [1.29, 1.82) is 0 Å². The van der Waals surface area contributed by atoms with E-state index in [0.717, 1.165) is 11.3 Å². The van der Waals surface area contributed by atoms with Gasteiger partial charge in [-0.15, -0.1) is 0 Å². The van der Waals surface area contributed by atoms with Crippen LogP contribution in [0.25, 0.3) is 0 Å². The van der Waals surface area contributed by atoms with Crippen LogP contribution in [-0.2, 0) is 21.4 Å². The summed E-state index contributed by atoms with van der Waals surface area (Å²) >= 11 is 0. The number of nitrogens with one attached hydrogen (secondary N) is 4. The molecule has 3 rings (SSSR count). The fraction of sp³-hybridized carbons (Fsp3) is 0.316. The smallest absolute Gasteiger partial charge is 0.250 e. The van der Waals surface area contributed by atoms with Crippen molar-refractivity contribution in [3.63, 3.8) is 0 Å². The minimum Gasteiger partial charge on any atom is -0.497 e. The molecule has 0 radical (unpaired) electrons.